The van der Waals surface area contributed by atoms with Crippen LogP contribution in [0.3, 0.4) is 0 Å². The molecule has 2 aliphatic heterocycles. The van der Waals surface area contributed by atoms with Gasteiger partial charge in [-0.2, -0.15) is 0 Å². The number of nitrogens with one attached hydrogen (secondary N) is 3. The monoisotopic (exact) mass is 525 g/mol. The Morgan fingerprint density at radius 2 is 2.14 bits per heavy atom. The highest BCUT2D eigenvalue weighted by atomic mass is 32.2. The topological polar surface area (TPSA) is 113 Å². The number of rotatable bonds is 7. The summed E-state index contributed by atoms with van der Waals surface area (Å²) in [5.41, 5.74) is 1.95. The number of amides is 3. The summed E-state index contributed by atoms with van der Waals surface area (Å²) in [6.07, 6.45) is 5.49. The summed E-state index contributed by atoms with van der Waals surface area (Å²) in [5.74, 6) is -0.208. The molecule has 36 heavy (non-hydrogen) atoms. The molecule has 3 aromatic rings. The second-order valence-corrected chi connectivity index (χ2v) is 10.3. The van der Waals surface area contributed by atoms with E-state index in [1.54, 1.807) is 12.3 Å². The summed E-state index contributed by atoms with van der Waals surface area (Å²) >= 11 is 2.58. The standard InChI is InChI=1S/C24H27N7O3S2/c1-2-25-22(33)29-23-26-15-18(35-23)14-20-21(32)28-24(36-20)27-17-3-4-19-16(13-17)5-6-31(19)8-7-30-9-11-34-12-10-30/h3-6,13-15H,2,7-12H2,1H3,(H,27,28,32)(H2,25,26,29,33)/b20-14-. The third-order valence-corrected chi connectivity index (χ3v) is 7.52. The molecule has 2 fully saturated rings. The summed E-state index contributed by atoms with van der Waals surface area (Å²) in [6.45, 7) is 7.88. The second-order valence-electron chi connectivity index (χ2n) is 8.24. The molecule has 1 aromatic carbocycles. The van der Waals surface area contributed by atoms with Crippen LogP contribution in [0.25, 0.3) is 17.0 Å². The Morgan fingerprint density at radius 3 is 2.97 bits per heavy atom. The highest BCUT2D eigenvalue weighted by Gasteiger charge is 2.24. The number of aliphatic imine (C=N–C) groups is 1. The summed E-state index contributed by atoms with van der Waals surface area (Å²) in [7, 11) is 0. The molecular formula is C24H27N7O3S2. The van der Waals surface area contributed by atoms with Gasteiger partial charge in [-0.1, -0.05) is 11.3 Å². The fourth-order valence-corrected chi connectivity index (χ4v) is 5.63. The lowest BCUT2D eigenvalue weighted by Gasteiger charge is -2.26. The van der Waals surface area contributed by atoms with Gasteiger partial charge in [0.25, 0.3) is 5.91 Å². The van der Waals surface area contributed by atoms with E-state index < -0.39 is 0 Å². The Bertz CT molecular complexity index is 1320. The smallest absolute Gasteiger partial charge is 0.321 e. The molecule has 12 heteroatoms. The minimum atomic E-state index is -0.308. The van der Waals surface area contributed by atoms with Crippen molar-refractivity contribution in [3.05, 3.63) is 46.4 Å². The van der Waals surface area contributed by atoms with Crippen molar-refractivity contribution in [1.82, 2.24) is 25.1 Å². The number of ether oxygens (including phenoxy) is 1. The molecule has 4 heterocycles. The molecule has 0 bridgehead atoms. The van der Waals surface area contributed by atoms with E-state index in [0.717, 1.165) is 60.9 Å². The number of anilines is 1. The van der Waals surface area contributed by atoms with E-state index in [-0.39, 0.29) is 11.9 Å². The number of nitrogens with zero attached hydrogens (tertiary/aromatic N) is 4. The normalized spacial score (nSPS) is 18.8. The van der Waals surface area contributed by atoms with E-state index >= 15 is 0 Å². The van der Waals surface area contributed by atoms with Gasteiger partial charge in [0.1, 0.15) is 0 Å². The number of carbonyl (C=O) groups excluding carboxylic acids is 2. The van der Waals surface area contributed by atoms with Crippen LogP contribution in [0, 0.1) is 0 Å². The number of carbonyl (C=O) groups is 2. The molecule has 0 radical (unpaired) electrons. The largest absolute Gasteiger partial charge is 0.379 e. The molecule has 2 aliphatic rings. The van der Waals surface area contributed by atoms with Crippen LogP contribution < -0.4 is 16.0 Å². The first-order valence-electron chi connectivity index (χ1n) is 11.8. The van der Waals surface area contributed by atoms with Crippen molar-refractivity contribution in [3.8, 4) is 0 Å². The maximum atomic E-state index is 12.5. The number of hydrogen-bond acceptors (Lipinski definition) is 8. The van der Waals surface area contributed by atoms with Gasteiger partial charge in [0.05, 0.1) is 28.7 Å². The number of fused-ring (bicyclic) bond motifs is 1. The van der Waals surface area contributed by atoms with Crippen LogP contribution in [0.2, 0.25) is 0 Å². The van der Waals surface area contributed by atoms with Gasteiger partial charge in [0, 0.05) is 56.0 Å². The number of thiazole rings is 1. The lowest BCUT2D eigenvalue weighted by atomic mass is 10.2. The van der Waals surface area contributed by atoms with E-state index in [0.29, 0.717) is 21.7 Å². The Kier molecular flexibility index (Phi) is 7.66. The fourth-order valence-electron chi connectivity index (χ4n) is 3.97. The molecule has 0 unspecified atom stereocenters. The highest BCUT2D eigenvalue weighted by Crippen LogP contribution is 2.31. The molecular weight excluding hydrogens is 498 g/mol. The zero-order chi connectivity index (χ0) is 24.9. The number of hydrogen-bond donors (Lipinski definition) is 3. The molecule has 5 rings (SSSR count). The maximum Gasteiger partial charge on any atom is 0.321 e. The first kappa shape index (κ1) is 24.5. The van der Waals surface area contributed by atoms with Crippen molar-refractivity contribution in [3.63, 3.8) is 0 Å². The quantitative estimate of drug-likeness (QED) is 0.407. The predicted molar refractivity (Wildman–Crippen MR) is 145 cm³/mol. The van der Waals surface area contributed by atoms with Crippen molar-refractivity contribution in [2.45, 2.75) is 13.5 Å². The van der Waals surface area contributed by atoms with Crippen LogP contribution in [-0.2, 0) is 16.1 Å². The predicted octanol–water partition coefficient (Wildman–Crippen LogP) is 3.46. The van der Waals surface area contributed by atoms with Crippen LogP contribution in [0.1, 0.15) is 11.8 Å². The highest BCUT2D eigenvalue weighted by molar-refractivity contribution is 8.18. The van der Waals surface area contributed by atoms with Gasteiger partial charge in [-0.3, -0.25) is 15.0 Å². The average molecular weight is 526 g/mol. The molecule has 0 atom stereocenters. The van der Waals surface area contributed by atoms with E-state index in [4.69, 9.17) is 4.74 Å². The van der Waals surface area contributed by atoms with Crippen molar-refractivity contribution in [2.75, 3.05) is 44.7 Å². The van der Waals surface area contributed by atoms with Crippen LogP contribution in [0.4, 0.5) is 15.6 Å². The number of morpholine rings is 1. The van der Waals surface area contributed by atoms with Crippen LogP contribution in [-0.4, -0.2) is 70.9 Å². The minimum absolute atomic E-state index is 0.208. The Balaban J connectivity index is 1.23. The van der Waals surface area contributed by atoms with Gasteiger partial charge in [-0.05, 0) is 49.0 Å². The summed E-state index contributed by atoms with van der Waals surface area (Å²) in [4.78, 5) is 36.7. The lowest BCUT2D eigenvalue weighted by Crippen LogP contribution is -2.38. The van der Waals surface area contributed by atoms with Gasteiger partial charge in [-0.25, -0.2) is 14.8 Å². The van der Waals surface area contributed by atoms with E-state index in [1.165, 1.54) is 23.1 Å². The SMILES string of the molecule is CCNC(=O)Nc1ncc(/C=C2\S/C(=N\c3ccc4c(ccn4CCN4CCOCC4)c3)NC2=O)s1. The van der Waals surface area contributed by atoms with Crippen LogP contribution >= 0.6 is 23.1 Å². The zero-order valence-electron chi connectivity index (χ0n) is 19.8. The number of thioether (sulfide) groups is 1. The zero-order valence-corrected chi connectivity index (χ0v) is 21.5. The number of urea groups is 1. The Labute approximate surface area is 216 Å². The fraction of sp³-hybridized carbons (Fsp3) is 0.333. The molecule has 10 nitrogen and oxygen atoms in total. The van der Waals surface area contributed by atoms with Crippen molar-refractivity contribution in [1.29, 1.82) is 0 Å². The molecule has 2 saturated heterocycles. The molecule has 0 aliphatic carbocycles. The molecule has 0 saturated carbocycles. The second kappa shape index (κ2) is 11.2. The van der Waals surface area contributed by atoms with Gasteiger partial charge < -0.3 is 19.9 Å². The van der Waals surface area contributed by atoms with E-state index in [9.17, 15) is 9.59 Å². The molecule has 3 amide bonds. The van der Waals surface area contributed by atoms with Crippen molar-refractivity contribution >= 4 is 68.0 Å². The number of benzene rings is 1. The van der Waals surface area contributed by atoms with Gasteiger partial charge in [0.15, 0.2) is 10.3 Å². The third-order valence-electron chi connectivity index (χ3n) is 5.75. The van der Waals surface area contributed by atoms with E-state index in [1.807, 2.05) is 19.1 Å². The maximum absolute atomic E-state index is 12.5. The third kappa shape index (κ3) is 5.95. The minimum Gasteiger partial charge on any atom is -0.379 e. The van der Waals surface area contributed by atoms with Crippen LogP contribution in [0.5, 0.6) is 0 Å². The van der Waals surface area contributed by atoms with Crippen molar-refractivity contribution in [2.24, 2.45) is 4.99 Å². The summed E-state index contributed by atoms with van der Waals surface area (Å²) < 4.78 is 7.69. The average Bonchev–Trinajstić information content (AvgIpc) is 3.57. The Hall–Kier alpha value is -3.19. The van der Waals surface area contributed by atoms with Gasteiger partial charge in [-0.15, -0.1) is 0 Å². The first-order valence-corrected chi connectivity index (χ1v) is 13.4. The number of amidine groups is 1. The Morgan fingerprint density at radius 1 is 1.28 bits per heavy atom. The van der Waals surface area contributed by atoms with Crippen molar-refractivity contribution < 1.29 is 14.3 Å². The van der Waals surface area contributed by atoms with Gasteiger partial charge in [0.2, 0.25) is 0 Å². The molecule has 3 N–H and O–H groups in total. The molecule has 188 valence electrons. The lowest BCUT2D eigenvalue weighted by molar-refractivity contribution is -0.115. The molecule has 0 spiro atoms. The summed E-state index contributed by atoms with van der Waals surface area (Å²) in [5, 5.41) is 10.3. The van der Waals surface area contributed by atoms with E-state index in [2.05, 4.69) is 53.7 Å². The van der Waals surface area contributed by atoms with Gasteiger partial charge >= 0.3 is 6.03 Å². The molecule has 2 aromatic heterocycles. The summed E-state index contributed by atoms with van der Waals surface area (Å²) in [6, 6.07) is 7.87. The number of aromatic nitrogens is 2. The first-order chi connectivity index (χ1) is 17.6. The van der Waals surface area contributed by atoms with Crippen LogP contribution in [0.15, 0.2) is 46.6 Å².